The van der Waals surface area contributed by atoms with E-state index in [0.717, 1.165) is 31.3 Å². The monoisotopic (exact) mass is 386 g/mol. The van der Waals surface area contributed by atoms with E-state index in [1.807, 2.05) is 0 Å². The second-order valence-electron chi connectivity index (χ2n) is 7.95. The number of hydrogen-bond acceptors (Lipinski definition) is 3. The number of hydrogen-bond donors (Lipinski definition) is 0. The Balaban J connectivity index is 1.80. The average Bonchev–Trinajstić information content (AvgIpc) is 2.73. The van der Waals surface area contributed by atoms with E-state index in [2.05, 4.69) is 6.92 Å². The topological polar surface area (TPSA) is 27.7 Å². The van der Waals surface area contributed by atoms with Crippen molar-refractivity contribution >= 4 is 0 Å². The van der Waals surface area contributed by atoms with Gasteiger partial charge in [-0.1, -0.05) is 33.1 Å². The lowest BCUT2D eigenvalue weighted by Gasteiger charge is -2.37. The molecule has 1 saturated carbocycles. The molecule has 1 aliphatic heterocycles. The smallest absolute Gasteiger partial charge is 0.196 e. The molecule has 27 heavy (non-hydrogen) atoms. The maximum Gasteiger partial charge on any atom is 0.196 e. The molecule has 2 rings (SSSR count). The number of halogens is 2. The van der Waals surface area contributed by atoms with Gasteiger partial charge in [-0.3, -0.25) is 0 Å². The van der Waals surface area contributed by atoms with Crippen LogP contribution in [0, 0.1) is 17.8 Å². The molecule has 0 radical (unpaired) electrons. The predicted octanol–water partition coefficient (Wildman–Crippen LogP) is 6.45. The van der Waals surface area contributed by atoms with Crippen LogP contribution in [0.15, 0.2) is 23.0 Å². The first kappa shape index (κ1) is 22.4. The first-order chi connectivity index (χ1) is 13.0. The number of allylic oxidation sites excluding steroid dienone is 3. The van der Waals surface area contributed by atoms with E-state index < -0.39 is 11.7 Å². The van der Waals surface area contributed by atoms with Crippen molar-refractivity contribution in [2.45, 2.75) is 78.4 Å². The van der Waals surface area contributed by atoms with E-state index in [-0.39, 0.29) is 18.7 Å². The fourth-order valence-corrected chi connectivity index (χ4v) is 4.23. The summed E-state index contributed by atoms with van der Waals surface area (Å²) in [5.41, 5.74) is 0.299. The molecule has 0 aromatic carbocycles. The second kappa shape index (κ2) is 11.2. The Morgan fingerprint density at radius 3 is 2.15 bits per heavy atom. The summed E-state index contributed by atoms with van der Waals surface area (Å²) in [4.78, 5) is 0. The van der Waals surface area contributed by atoms with Crippen molar-refractivity contribution in [3.63, 3.8) is 0 Å². The highest BCUT2D eigenvalue weighted by atomic mass is 19.2. The van der Waals surface area contributed by atoms with Crippen LogP contribution in [-0.4, -0.2) is 26.6 Å². The van der Waals surface area contributed by atoms with Gasteiger partial charge >= 0.3 is 0 Å². The van der Waals surface area contributed by atoms with Crippen molar-refractivity contribution in [2.24, 2.45) is 17.8 Å². The molecule has 2 atom stereocenters. The summed E-state index contributed by atoms with van der Waals surface area (Å²) in [6.45, 7) is 6.25. The largest absolute Gasteiger partial charge is 0.498 e. The lowest BCUT2D eigenvalue weighted by atomic mass is 9.73. The standard InChI is InChI=1S/C22H36F2O3/c1-5-16-7-9-18(10-8-16)19-11-12-20(27-14-19)26-13-17(6-2)22(24)21(23)15(3)25-4/h16,18-20H,5-14H2,1-4H3/b21-15-,22-17-. The van der Waals surface area contributed by atoms with Crippen LogP contribution in [0.5, 0.6) is 0 Å². The van der Waals surface area contributed by atoms with E-state index >= 15 is 0 Å². The summed E-state index contributed by atoms with van der Waals surface area (Å²) < 4.78 is 44.6. The Bertz CT molecular complexity index is 514. The van der Waals surface area contributed by atoms with E-state index in [1.165, 1.54) is 46.1 Å². The van der Waals surface area contributed by atoms with Crippen molar-refractivity contribution < 1.29 is 23.0 Å². The molecule has 0 N–H and O–H groups in total. The number of methoxy groups -OCH3 is 1. The van der Waals surface area contributed by atoms with Gasteiger partial charge in [0.15, 0.2) is 17.9 Å². The molecular weight excluding hydrogens is 350 g/mol. The van der Waals surface area contributed by atoms with Gasteiger partial charge in [-0.15, -0.1) is 0 Å². The Kier molecular flexibility index (Phi) is 9.24. The molecule has 0 spiro atoms. The molecule has 2 fully saturated rings. The molecule has 0 amide bonds. The van der Waals surface area contributed by atoms with Crippen molar-refractivity contribution in [2.75, 3.05) is 20.3 Å². The lowest BCUT2D eigenvalue weighted by molar-refractivity contribution is -0.177. The zero-order valence-electron chi connectivity index (χ0n) is 17.4. The van der Waals surface area contributed by atoms with Gasteiger partial charge in [0, 0.05) is 0 Å². The number of ether oxygens (including phenoxy) is 3. The van der Waals surface area contributed by atoms with Crippen LogP contribution in [0.25, 0.3) is 0 Å². The van der Waals surface area contributed by atoms with Gasteiger partial charge < -0.3 is 14.2 Å². The normalized spacial score (nSPS) is 31.2. The van der Waals surface area contributed by atoms with Crippen LogP contribution in [0.2, 0.25) is 0 Å². The quantitative estimate of drug-likeness (QED) is 0.354. The van der Waals surface area contributed by atoms with Crippen LogP contribution in [0.3, 0.4) is 0 Å². The third kappa shape index (κ3) is 6.28. The van der Waals surface area contributed by atoms with Gasteiger partial charge in [-0.2, -0.15) is 0 Å². The third-order valence-corrected chi connectivity index (χ3v) is 6.39. The van der Waals surface area contributed by atoms with E-state index in [9.17, 15) is 8.78 Å². The van der Waals surface area contributed by atoms with Crippen LogP contribution in [-0.2, 0) is 14.2 Å². The maximum absolute atomic E-state index is 14.3. The molecular formula is C22H36F2O3. The summed E-state index contributed by atoms with van der Waals surface area (Å²) in [5.74, 6) is 0.405. The van der Waals surface area contributed by atoms with Crippen molar-refractivity contribution in [1.82, 2.24) is 0 Å². The zero-order valence-corrected chi connectivity index (χ0v) is 17.4. The van der Waals surface area contributed by atoms with Crippen molar-refractivity contribution in [3.8, 4) is 0 Å². The first-order valence-corrected chi connectivity index (χ1v) is 10.5. The molecule has 0 aromatic heterocycles. The summed E-state index contributed by atoms with van der Waals surface area (Å²) in [5, 5.41) is 0. The van der Waals surface area contributed by atoms with Gasteiger partial charge in [-0.25, -0.2) is 8.78 Å². The van der Waals surface area contributed by atoms with Crippen molar-refractivity contribution in [1.29, 1.82) is 0 Å². The Hall–Kier alpha value is -0.940. The first-order valence-electron chi connectivity index (χ1n) is 10.5. The van der Waals surface area contributed by atoms with Gasteiger partial charge in [-0.05, 0) is 62.4 Å². The zero-order chi connectivity index (χ0) is 19.8. The van der Waals surface area contributed by atoms with E-state index in [1.54, 1.807) is 6.92 Å². The average molecular weight is 387 g/mol. The maximum atomic E-state index is 14.3. The molecule has 2 aliphatic rings. The highest BCUT2D eigenvalue weighted by molar-refractivity contribution is 5.27. The fourth-order valence-electron chi connectivity index (χ4n) is 4.23. The SMILES string of the molecule is CC/C(COC1CCC(C2CCC(CC)CC2)CO1)=C(F)\C(F)=C(/C)OC. The summed E-state index contributed by atoms with van der Waals surface area (Å²) in [6, 6.07) is 0. The predicted molar refractivity (Wildman–Crippen MR) is 103 cm³/mol. The summed E-state index contributed by atoms with van der Waals surface area (Å²) in [6.07, 6.45) is 8.61. The molecule has 2 unspecified atom stereocenters. The minimum absolute atomic E-state index is 0.0453. The van der Waals surface area contributed by atoms with Gasteiger partial charge in [0.05, 0.1) is 20.3 Å². The number of rotatable bonds is 8. The Morgan fingerprint density at radius 2 is 1.63 bits per heavy atom. The molecule has 0 bridgehead atoms. The summed E-state index contributed by atoms with van der Waals surface area (Å²) >= 11 is 0. The molecule has 1 aliphatic carbocycles. The minimum atomic E-state index is -0.953. The van der Waals surface area contributed by atoms with Gasteiger partial charge in [0.1, 0.15) is 5.76 Å². The van der Waals surface area contributed by atoms with Crippen LogP contribution in [0.4, 0.5) is 8.78 Å². The molecule has 1 heterocycles. The second-order valence-corrected chi connectivity index (χ2v) is 7.95. The molecule has 156 valence electrons. The Morgan fingerprint density at radius 1 is 0.963 bits per heavy atom. The molecule has 5 heteroatoms. The van der Waals surface area contributed by atoms with Crippen LogP contribution >= 0.6 is 0 Å². The third-order valence-electron chi connectivity index (χ3n) is 6.39. The Labute approximate surface area is 163 Å². The molecule has 0 aromatic rings. The highest BCUT2D eigenvalue weighted by Crippen LogP contribution is 2.38. The van der Waals surface area contributed by atoms with E-state index in [4.69, 9.17) is 14.2 Å². The summed E-state index contributed by atoms with van der Waals surface area (Å²) in [7, 11) is 1.32. The molecule has 3 nitrogen and oxygen atoms in total. The van der Waals surface area contributed by atoms with Crippen LogP contribution in [0.1, 0.15) is 72.1 Å². The highest BCUT2D eigenvalue weighted by Gasteiger charge is 2.31. The van der Waals surface area contributed by atoms with Crippen LogP contribution < -0.4 is 0 Å². The molecule has 1 saturated heterocycles. The van der Waals surface area contributed by atoms with Gasteiger partial charge in [0.25, 0.3) is 0 Å². The van der Waals surface area contributed by atoms with Crippen molar-refractivity contribution in [3.05, 3.63) is 23.0 Å². The minimum Gasteiger partial charge on any atom is -0.498 e. The fraction of sp³-hybridized carbons (Fsp3) is 0.818. The van der Waals surface area contributed by atoms with Gasteiger partial charge in [0.2, 0.25) is 0 Å². The van der Waals surface area contributed by atoms with E-state index in [0.29, 0.717) is 17.9 Å². The lowest BCUT2D eigenvalue weighted by Crippen LogP contribution is -2.34.